The predicted molar refractivity (Wildman–Crippen MR) is 116 cm³/mol. The number of hydrogen-bond acceptors (Lipinski definition) is 4. The standard InChI is InChI=1S/C22H27N7/c1-17-24-11-13-29(17)21-9-8-18(14-25-21)15-26-22(23-2)27-19-10-12-28(16-19)20-6-4-3-5-7-20/h3-9,11,13-14,19H,10,12,15-16H2,1-2H3,(H2,23,26,27). The zero-order chi connectivity index (χ0) is 20.1. The van der Waals surface area contributed by atoms with Crippen molar-refractivity contribution in [2.24, 2.45) is 4.99 Å². The quantitative estimate of drug-likeness (QED) is 0.518. The second kappa shape index (κ2) is 8.77. The lowest BCUT2D eigenvalue weighted by molar-refractivity contribution is 0.648. The van der Waals surface area contributed by atoms with E-state index < -0.39 is 0 Å². The molecule has 1 aromatic carbocycles. The fourth-order valence-corrected chi connectivity index (χ4v) is 3.61. The molecule has 7 nitrogen and oxygen atoms in total. The van der Waals surface area contributed by atoms with Gasteiger partial charge in [0.1, 0.15) is 11.6 Å². The fraction of sp³-hybridized carbons (Fsp3) is 0.318. The number of anilines is 1. The molecule has 3 aromatic rings. The van der Waals surface area contributed by atoms with Gasteiger partial charge in [-0.1, -0.05) is 24.3 Å². The molecular formula is C22H27N7. The Morgan fingerprint density at radius 1 is 1.17 bits per heavy atom. The van der Waals surface area contributed by atoms with Gasteiger partial charge in [-0.2, -0.15) is 0 Å². The first-order valence-electron chi connectivity index (χ1n) is 9.95. The van der Waals surface area contributed by atoms with Crippen LogP contribution in [0.15, 0.2) is 66.0 Å². The van der Waals surface area contributed by atoms with Crippen LogP contribution in [-0.2, 0) is 6.54 Å². The number of aromatic nitrogens is 3. The molecule has 1 unspecified atom stereocenters. The Bertz CT molecular complexity index is 947. The van der Waals surface area contributed by atoms with Crippen molar-refractivity contribution in [3.8, 4) is 5.82 Å². The summed E-state index contributed by atoms with van der Waals surface area (Å²) in [6.07, 6.45) is 6.68. The molecule has 7 heteroatoms. The number of rotatable bonds is 5. The summed E-state index contributed by atoms with van der Waals surface area (Å²) in [7, 11) is 1.81. The Balaban J connectivity index is 1.29. The van der Waals surface area contributed by atoms with E-state index in [1.165, 1.54) is 5.69 Å². The fourth-order valence-electron chi connectivity index (χ4n) is 3.61. The Kier molecular flexibility index (Phi) is 5.74. The molecule has 0 bridgehead atoms. The zero-order valence-electron chi connectivity index (χ0n) is 16.9. The molecule has 1 aliphatic rings. The van der Waals surface area contributed by atoms with Crippen LogP contribution in [0, 0.1) is 6.92 Å². The molecule has 3 heterocycles. The summed E-state index contributed by atoms with van der Waals surface area (Å²) < 4.78 is 1.97. The van der Waals surface area contributed by atoms with Gasteiger partial charge in [-0.15, -0.1) is 0 Å². The van der Waals surface area contributed by atoms with Crippen molar-refractivity contribution in [1.82, 2.24) is 25.2 Å². The van der Waals surface area contributed by atoms with Gasteiger partial charge in [-0.05, 0) is 37.1 Å². The van der Waals surface area contributed by atoms with Crippen LogP contribution in [0.25, 0.3) is 5.82 Å². The number of nitrogens with zero attached hydrogens (tertiary/aromatic N) is 5. The average Bonchev–Trinajstić information content (AvgIpc) is 3.41. The Morgan fingerprint density at radius 2 is 2.03 bits per heavy atom. The minimum absolute atomic E-state index is 0.381. The smallest absolute Gasteiger partial charge is 0.191 e. The van der Waals surface area contributed by atoms with Crippen molar-refractivity contribution in [2.75, 3.05) is 25.0 Å². The van der Waals surface area contributed by atoms with Gasteiger partial charge >= 0.3 is 0 Å². The first kappa shape index (κ1) is 19.0. The Hall–Kier alpha value is -3.35. The topological polar surface area (TPSA) is 70.4 Å². The minimum Gasteiger partial charge on any atom is -0.369 e. The molecular weight excluding hydrogens is 362 g/mol. The molecule has 0 spiro atoms. The van der Waals surface area contributed by atoms with Crippen LogP contribution in [-0.4, -0.2) is 46.7 Å². The van der Waals surface area contributed by atoms with Gasteiger partial charge in [0, 0.05) is 57.0 Å². The van der Waals surface area contributed by atoms with Crippen LogP contribution in [0.1, 0.15) is 17.8 Å². The van der Waals surface area contributed by atoms with E-state index in [9.17, 15) is 0 Å². The van der Waals surface area contributed by atoms with Gasteiger partial charge in [-0.25, -0.2) is 9.97 Å². The van der Waals surface area contributed by atoms with E-state index in [2.05, 4.69) is 66.9 Å². The summed E-state index contributed by atoms with van der Waals surface area (Å²) in [6.45, 7) is 4.67. The van der Waals surface area contributed by atoms with Gasteiger partial charge in [-0.3, -0.25) is 9.56 Å². The third-order valence-electron chi connectivity index (χ3n) is 5.22. The molecule has 2 aromatic heterocycles. The molecule has 0 amide bonds. The zero-order valence-corrected chi connectivity index (χ0v) is 16.9. The van der Waals surface area contributed by atoms with E-state index >= 15 is 0 Å². The maximum atomic E-state index is 4.55. The van der Waals surface area contributed by atoms with E-state index in [1.54, 1.807) is 6.20 Å². The van der Waals surface area contributed by atoms with Gasteiger partial charge in [0.15, 0.2) is 5.96 Å². The van der Waals surface area contributed by atoms with Crippen molar-refractivity contribution < 1.29 is 0 Å². The van der Waals surface area contributed by atoms with Gasteiger partial charge in [0.05, 0.1) is 0 Å². The molecule has 0 aliphatic carbocycles. The first-order chi connectivity index (χ1) is 14.2. The Morgan fingerprint density at radius 3 is 2.72 bits per heavy atom. The normalized spacial score (nSPS) is 16.8. The van der Waals surface area contributed by atoms with E-state index in [-0.39, 0.29) is 0 Å². The number of pyridine rings is 1. The van der Waals surface area contributed by atoms with Crippen molar-refractivity contribution >= 4 is 11.6 Å². The van der Waals surface area contributed by atoms with Gasteiger partial charge in [0.25, 0.3) is 0 Å². The maximum absolute atomic E-state index is 4.55. The number of hydrogen-bond donors (Lipinski definition) is 2. The number of benzene rings is 1. The highest BCUT2D eigenvalue weighted by atomic mass is 15.2. The first-order valence-corrected chi connectivity index (χ1v) is 9.95. The SMILES string of the molecule is CN=C(NCc1ccc(-n2ccnc2C)nc1)NC1CCN(c2ccccc2)C1. The molecule has 1 saturated heterocycles. The molecule has 1 fully saturated rings. The third kappa shape index (κ3) is 4.56. The van der Waals surface area contributed by atoms with Crippen molar-refractivity contribution in [1.29, 1.82) is 0 Å². The van der Waals surface area contributed by atoms with Gasteiger partial charge in [0.2, 0.25) is 0 Å². The second-order valence-electron chi connectivity index (χ2n) is 7.21. The van der Waals surface area contributed by atoms with E-state index in [0.717, 1.165) is 42.7 Å². The highest BCUT2D eigenvalue weighted by molar-refractivity contribution is 5.80. The molecule has 1 aliphatic heterocycles. The largest absolute Gasteiger partial charge is 0.369 e. The van der Waals surface area contributed by atoms with Crippen LogP contribution in [0.5, 0.6) is 0 Å². The van der Waals surface area contributed by atoms with E-state index in [1.807, 2.05) is 37.0 Å². The van der Waals surface area contributed by atoms with Crippen molar-refractivity contribution in [2.45, 2.75) is 25.9 Å². The predicted octanol–water partition coefficient (Wildman–Crippen LogP) is 2.52. The lowest BCUT2D eigenvalue weighted by Crippen LogP contribution is -2.44. The van der Waals surface area contributed by atoms with Crippen LogP contribution in [0.4, 0.5) is 5.69 Å². The number of nitrogens with one attached hydrogen (secondary N) is 2. The van der Waals surface area contributed by atoms with Crippen LogP contribution in [0.2, 0.25) is 0 Å². The van der Waals surface area contributed by atoms with Crippen LogP contribution in [0.3, 0.4) is 0 Å². The molecule has 29 heavy (non-hydrogen) atoms. The summed E-state index contributed by atoms with van der Waals surface area (Å²) in [5.41, 5.74) is 2.38. The van der Waals surface area contributed by atoms with Crippen molar-refractivity contribution in [3.05, 3.63) is 72.4 Å². The number of imidazole rings is 1. The summed E-state index contributed by atoms with van der Waals surface area (Å²) >= 11 is 0. The number of aliphatic imine (C=N–C) groups is 1. The van der Waals surface area contributed by atoms with Crippen molar-refractivity contribution in [3.63, 3.8) is 0 Å². The number of para-hydroxylation sites is 1. The monoisotopic (exact) mass is 389 g/mol. The molecule has 150 valence electrons. The molecule has 1 atom stereocenters. The van der Waals surface area contributed by atoms with Crippen LogP contribution < -0.4 is 15.5 Å². The third-order valence-corrected chi connectivity index (χ3v) is 5.22. The maximum Gasteiger partial charge on any atom is 0.191 e. The number of guanidine groups is 1. The molecule has 4 rings (SSSR count). The van der Waals surface area contributed by atoms with Gasteiger partial charge < -0.3 is 15.5 Å². The molecule has 0 radical (unpaired) electrons. The van der Waals surface area contributed by atoms with E-state index in [0.29, 0.717) is 12.6 Å². The summed E-state index contributed by atoms with van der Waals surface area (Å²) in [5.74, 6) is 2.62. The molecule has 2 N–H and O–H groups in total. The lowest BCUT2D eigenvalue weighted by Gasteiger charge is -2.20. The minimum atomic E-state index is 0.381. The second-order valence-corrected chi connectivity index (χ2v) is 7.21. The number of aryl methyl sites for hydroxylation is 1. The summed E-state index contributed by atoms with van der Waals surface area (Å²) in [5, 5.41) is 6.94. The molecule has 0 saturated carbocycles. The van der Waals surface area contributed by atoms with E-state index in [4.69, 9.17) is 0 Å². The Labute approximate surface area is 171 Å². The highest BCUT2D eigenvalue weighted by Gasteiger charge is 2.23. The summed E-state index contributed by atoms with van der Waals surface area (Å²) in [4.78, 5) is 15.6. The van der Waals surface area contributed by atoms with Crippen LogP contribution >= 0.6 is 0 Å². The lowest BCUT2D eigenvalue weighted by atomic mass is 10.2. The summed E-state index contributed by atoms with van der Waals surface area (Å²) in [6, 6.07) is 15.0. The average molecular weight is 390 g/mol. The highest BCUT2D eigenvalue weighted by Crippen LogP contribution is 2.19.